The number of hydrogen-bond acceptors (Lipinski definition) is 5. The predicted molar refractivity (Wildman–Crippen MR) is 86.3 cm³/mol. The monoisotopic (exact) mass is 322 g/mol. The maximum Gasteiger partial charge on any atom is 0.269 e. The summed E-state index contributed by atoms with van der Waals surface area (Å²) >= 11 is 0. The van der Waals surface area contributed by atoms with Gasteiger partial charge in [0.2, 0.25) is 6.10 Å². The Morgan fingerprint density at radius 2 is 1.92 bits per heavy atom. The molecular weight excluding hydrogens is 308 g/mol. The number of benzene rings is 2. The van der Waals surface area contributed by atoms with E-state index in [1.807, 2.05) is 30.3 Å². The molecule has 2 aromatic carbocycles. The van der Waals surface area contributed by atoms with E-state index in [1.165, 1.54) is 6.33 Å². The maximum absolute atomic E-state index is 12.3. The lowest BCUT2D eigenvalue weighted by atomic mass is 10.2. The van der Waals surface area contributed by atoms with Crippen LogP contribution in [0.5, 0.6) is 11.5 Å². The number of ether oxygens (including phenoxy) is 2. The van der Waals surface area contributed by atoms with Gasteiger partial charge in [0, 0.05) is 5.69 Å². The van der Waals surface area contributed by atoms with E-state index in [2.05, 4.69) is 15.4 Å². The standard InChI is InChI=1S/C17H14N4O3/c22-17(16-9-23-14-3-1-2-4-15(14)24-16)20-12-5-7-13(8-6-12)21-11-18-10-19-21/h1-8,10-11,16H,9H2,(H,20,22). The quantitative estimate of drug-likeness (QED) is 0.798. The Morgan fingerprint density at radius 1 is 1.12 bits per heavy atom. The molecule has 2 heterocycles. The van der Waals surface area contributed by atoms with Crippen molar-refractivity contribution in [1.82, 2.24) is 14.8 Å². The molecule has 0 bridgehead atoms. The molecule has 4 rings (SSSR count). The molecule has 1 N–H and O–H groups in total. The van der Waals surface area contributed by atoms with Crippen molar-refractivity contribution in [2.75, 3.05) is 11.9 Å². The topological polar surface area (TPSA) is 78.3 Å². The minimum atomic E-state index is -0.685. The number of aromatic nitrogens is 3. The van der Waals surface area contributed by atoms with Crippen LogP contribution >= 0.6 is 0 Å². The van der Waals surface area contributed by atoms with Crippen molar-refractivity contribution in [3.05, 3.63) is 61.2 Å². The molecule has 1 aliphatic heterocycles. The van der Waals surface area contributed by atoms with Gasteiger partial charge in [-0.25, -0.2) is 9.67 Å². The molecule has 0 saturated carbocycles. The van der Waals surface area contributed by atoms with Gasteiger partial charge in [0.25, 0.3) is 5.91 Å². The summed E-state index contributed by atoms with van der Waals surface area (Å²) in [5.74, 6) is 0.974. The van der Waals surface area contributed by atoms with Crippen LogP contribution < -0.4 is 14.8 Å². The Balaban J connectivity index is 1.43. The van der Waals surface area contributed by atoms with Gasteiger partial charge in [-0.3, -0.25) is 4.79 Å². The van der Waals surface area contributed by atoms with E-state index in [-0.39, 0.29) is 12.5 Å². The van der Waals surface area contributed by atoms with Gasteiger partial charge in [0.05, 0.1) is 5.69 Å². The lowest BCUT2D eigenvalue weighted by Gasteiger charge is -2.25. The molecule has 0 spiro atoms. The van der Waals surface area contributed by atoms with Gasteiger partial charge in [0.15, 0.2) is 11.5 Å². The summed E-state index contributed by atoms with van der Waals surface area (Å²) in [5, 5.41) is 6.88. The third kappa shape index (κ3) is 2.79. The first-order valence-corrected chi connectivity index (χ1v) is 7.44. The lowest BCUT2D eigenvalue weighted by molar-refractivity contribution is -0.125. The molecule has 0 radical (unpaired) electrons. The number of amides is 1. The second-order valence-corrected chi connectivity index (χ2v) is 5.24. The average molecular weight is 322 g/mol. The fourth-order valence-corrected chi connectivity index (χ4v) is 2.41. The molecule has 1 aromatic heterocycles. The molecular formula is C17H14N4O3. The van der Waals surface area contributed by atoms with Crippen LogP contribution in [0.2, 0.25) is 0 Å². The number of hydrogen-bond donors (Lipinski definition) is 1. The van der Waals surface area contributed by atoms with Gasteiger partial charge < -0.3 is 14.8 Å². The van der Waals surface area contributed by atoms with Crippen molar-refractivity contribution in [2.45, 2.75) is 6.10 Å². The third-order valence-electron chi connectivity index (χ3n) is 3.62. The van der Waals surface area contributed by atoms with Gasteiger partial charge in [-0.2, -0.15) is 5.10 Å². The number of carbonyl (C=O) groups is 1. The Kier molecular flexibility index (Phi) is 3.59. The van der Waals surface area contributed by atoms with E-state index < -0.39 is 6.10 Å². The SMILES string of the molecule is O=C(Nc1ccc(-n2cncn2)cc1)C1COc2ccccc2O1. The zero-order chi connectivity index (χ0) is 16.4. The summed E-state index contributed by atoms with van der Waals surface area (Å²) in [6, 6.07) is 14.6. The first-order valence-electron chi connectivity index (χ1n) is 7.44. The zero-order valence-corrected chi connectivity index (χ0v) is 12.6. The molecule has 1 amide bonds. The smallest absolute Gasteiger partial charge is 0.269 e. The molecule has 1 aliphatic rings. The summed E-state index contributed by atoms with van der Waals surface area (Å²) in [6.45, 7) is 0.180. The molecule has 0 fully saturated rings. The van der Waals surface area contributed by atoms with Gasteiger partial charge >= 0.3 is 0 Å². The molecule has 24 heavy (non-hydrogen) atoms. The Labute approximate surface area is 137 Å². The largest absolute Gasteiger partial charge is 0.485 e. The fourth-order valence-electron chi connectivity index (χ4n) is 2.41. The van der Waals surface area contributed by atoms with E-state index >= 15 is 0 Å². The molecule has 0 saturated heterocycles. The van der Waals surface area contributed by atoms with Gasteiger partial charge in [-0.15, -0.1) is 0 Å². The van der Waals surface area contributed by atoms with Crippen LogP contribution in [0.15, 0.2) is 61.2 Å². The summed E-state index contributed by atoms with van der Waals surface area (Å²) in [4.78, 5) is 16.2. The summed E-state index contributed by atoms with van der Waals surface area (Å²) in [6.07, 6.45) is 2.39. The van der Waals surface area contributed by atoms with Gasteiger partial charge in [-0.1, -0.05) is 12.1 Å². The second kappa shape index (κ2) is 6.04. The molecule has 120 valence electrons. The van der Waals surface area contributed by atoms with Crippen molar-refractivity contribution in [2.24, 2.45) is 0 Å². The van der Waals surface area contributed by atoms with Crippen molar-refractivity contribution in [1.29, 1.82) is 0 Å². The van der Waals surface area contributed by atoms with E-state index in [4.69, 9.17) is 9.47 Å². The van der Waals surface area contributed by atoms with E-state index in [0.717, 1.165) is 5.69 Å². The molecule has 0 aliphatic carbocycles. The van der Waals surface area contributed by atoms with E-state index in [9.17, 15) is 4.79 Å². The van der Waals surface area contributed by atoms with Crippen LogP contribution in [-0.4, -0.2) is 33.4 Å². The second-order valence-electron chi connectivity index (χ2n) is 5.24. The lowest BCUT2D eigenvalue weighted by Crippen LogP contribution is -2.40. The van der Waals surface area contributed by atoms with Crippen molar-refractivity contribution in [3.63, 3.8) is 0 Å². The zero-order valence-electron chi connectivity index (χ0n) is 12.6. The Hall–Kier alpha value is -3.35. The number of nitrogens with zero attached hydrogens (tertiary/aromatic N) is 3. The summed E-state index contributed by atoms with van der Waals surface area (Å²) in [5.41, 5.74) is 1.53. The Bertz CT molecular complexity index is 847. The summed E-state index contributed by atoms with van der Waals surface area (Å²) < 4.78 is 12.9. The normalized spacial score (nSPS) is 15.8. The number of fused-ring (bicyclic) bond motifs is 1. The number of nitrogens with one attached hydrogen (secondary N) is 1. The first kappa shape index (κ1) is 14.3. The van der Waals surface area contributed by atoms with Gasteiger partial charge in [-0.05, 0) is 36.4 Å². The number of anilines is 1. The van der Waals surface area contributed by atoms with Crippen LogP contribution in [0.1, 0.15) is 0 Å². The highest BCUT2D eigenvalue weighted by atomic mass is 16.6. The third-order valence-corrected chi connectivity index (χ3v) is 3.62. The molecule has 7 nitrogen and oxygen atoms in total. The van der Waals surface area contributed by atoms with E-state index in [0.29, 0.717) is 17.2 Å². The van der Waals surface area contributed by atoms with Crippen LogP contribution in [0.25, 0.3) is 5.69 Å². The van der Waals surface area contributed by atoms with Crippen LogP contribution in [0.4, 0.5) is 5.69 Å². The first-order chi connectivity index (χ1) is 11.8. The number of carbonyl (C=O) groups excluding carboxylic acids is 1. The highest BCUT2D eigenvalue weighted by Gasteiger charge is 2.27. The maximum atomic E-state index is 12.3. The predicted octanol–water partition coefficient (Wildman–Crippen LogP) is 2.05. The highest BCUT2D eigenvalue weighted by Crippen LogP contribution is 2.31. The minimum absolute atomic E-state index is 0.180. The molecule has 7 heteroatoms. The molecule has 1 unspecified atom stereocenters. The molecule has 1 atom stereocenters. The molecule has 3 aromatic rings. The fraction of sp³-hybridized carbons (Fsp3) is 0.118. The van der Waals surface area contributed by atoms with Crippen molar-refractivity contribution < 1.29 is 14.3 Å². The van der Waals surface area contributed by atoms with Gasteiger partial charge in [0.1, 0.15) is 19.3 Å². The van der Waals surface area contributed by atoms with Crippen molar-refractivity contribution >= 4 is 11.6 Å². The van der Waals surface area contributed by atoms with Crippen LogP contribution in [0, 0.1) is 0 Å². The number of rotatable bonds is 3. The average Bonchev–Trinajstić information content (AvgIpc) is 3.16. The Morgan fingerprint density at radius 3 is 2.67 bits per heavy atom. The number of para-hydroxylation sites is 2. The van der Waals surface area contributed by atoms with Crippen LogP contribution in [-0.2, 0) is 4.79 Å². The highest BCUT2D eigenvalue weighted by molar-refractivity contribution is 5.94. The van der Waals surface area contributed by atoms with E-state index in [1.54, 1.807) is 29.2 Å². The summed E-state index contributed by atoms with van der Waals surface area (Å²) in [7, 11) is 0. The van der Waals surface area contributed by atoms with Crippen molar-refractivity contribution in [3.8, 4) is 17.2 Å². The minimum Gasteiger partial charge on any atom is -0.485 e. The van der Waals surface area contributed by atoms with Crippen LogP contribution in [0.3, 0.4) is 0 Å².